The summed E-state index contributed by atoms with van der Waals surface area (Å²) >= 11 is 0. The number of rotatable bonds is 11. The Hall–Kier alpha value is -3.83. The van der Waals surface area contributed by atoms with E-state index in [4.69, 9.17) is 6.42 Å². The first-order valence-electron chi connectivity index (χ1n) is 14.0. The molecule has 0 aliphatic carbocycles. The summed E-state index contributed by atoms with van der Waals surface area (Å²) < 4.78 is 0. The van der Waals surface area contributed by atoms with Crippen molar-refractivity contribution in [3.63, 3.8) is 0 Å². The molecule has 2 saturated heterocycles. The molecular formula is C31H39N5O3. The third kappa shape index (κ3) is 6.98. The topological polar surface area (TPSA) is 76.2 Å². The minimum absolute atomic E-state index is 0.0605. The second-order valence-corrected chi connectivity index (χ2v) is 10.2. The van der Waals surface area contributed by atoms with Crippen molar-refractivity contribution >= 4 is 17.8 Å². The van der Waals surface area contributed by atoms with Crippen LogP contribution in [-0.4, -0.2) is 76.0 Å². The summed E-state index contributed by atoms with van der Waals surface area (Å²) in [6.07, 6.45) is 10.8. The molecule has 2 aromatic carbocycles. The van der Waals surface area contributed by atoms with Crippen LogP contribution in [0.1, 0.15) is 50.2 Å². The maximum Gasteiger partial charge on any atom is 0.334 e. The Balaban J connectivity index is 1.61. The predicted molar refractivity (Wildman–Crippen MR) is 151 cm³/mol. The maximum absolute atomic E-state index is 13.8. The average molecular weight is 530 g/mol. The van der Waals surface area contributed by atoms with Crippen molar-refractivity contribution in [3.05, 3.63) is 71.8 Å². The molecule has 0 bridgehead atoms. The third-order valence-electron chi connectivity index (χ3n) is 7.40. The van der Waals surface area contributed by atoms with Gasteiger partial charge in [0.25, 0.3) is 0 Å². The minimum atomic E-state index is -0.688. The molecule has 4 amide bonds. The Morgan fingerprint density at radius 3 is 2.31 bits per heavy atom. The van der Waals surface area contributed by atoms with E-state index in [1.165, 1.54) is 6.42 Å². The van der Waals surface area contributed by atoms with Crippen LogP contribution in [0.25, 0.3) is 0 Å². The van der Waals surface area contributed by atoms with Gasteiger partial charge in [-0.15, -0.1) is 6.42 Å². The average Bonchev–Trinajstić information content (AvgIpc) is 2.95. The van der Waals surface area contributed by atoms with Gasteiger partial charge in [0.05, 0.1) is 19.6 Å². The summed E-state index contributed by atoms with van der Waals surface area (Å²) in [4.78, 5) is 44.5. The van der Waals surface area contributed by atoms with Crippen molar-refractivity contribution in [1.29, 1.82) is 0 Å². The van der Waals surface area contributed by atoms with Gasteiger partial charge in [0.2, 0.25) is 11.8 Å². The van der Waals surface area contributed by atoms with E-state index in [1.54, 1.807) is 14.9 Å². The van der Waals surface area contributed by atoms with E-state index in [-0.39, 0.29) is 37.5 Å². The number of benzene rings is 2. The summed E-state index contributed by atoms with van der Waals surface area (Å²) in [6.45, 7) is 3.42. The maximum atomic E-state index is 13.8. The normalized spacial score (nSPS) is 19.5. The molecule has 4 rings (SSSR count). The number of carbonyl (C=O) groups is 3. The molecule has 2 aromatic rings. The van der Waals surface area contributed by atoms with Gasteiger partial charge in [0.15, 0.2) is 0 Å². The highest BCUT2D eigenvalue weighted by Gasteiger charge is 2.51. The number of nitrogens with zero attached hydrogens (tertiary/aromatic N) is 4. The van der Waals surface area contributed by atoms with Crippen LogP contribution in [0.5, 0.6) is 0 Å². The van der Waals surface area contributed by atoms with Crippen molar-refractivity contribution in [3.8, 4) is 12.3 Å². The number of piperazine rings is 1. The van der Waals surface area contributed by atoms with E-state index in [0.29, 0.717) is 19.5 Å². The summed E-state index contributed by atoms with van der Waals surface area (Å²) in [5, 5.41) is 6.19. The molecule has 39 heavy (non-hydrogen) atoms. The minimum Gasteiger partial charge on any atom is -0.337 e. The fraction of sp³-hybridized carbons (Fsp3) is 0.452. The van der Waals surface area contributed by atoms with Gasteiger partial charge in [0.1, 0.15) is 12.2 Å². The number of terminal acetylenes is 1. The zero-order valence-electron chi connectivity index (χ0n) is 22.8. The molecule has 0 aromatic heterocycles. The quantitative estimate of drug-likeness (QED) is 0.356. The first-order valence-corrected chi connectivity index (χ1v) is 14.0. The lowest BCUT2D eigenvalue weighted by Gasteiger charge is -2.55. The van der Waals surface area contributed by atoms with Crippen LogP contribution >= 0.6 is 0 Å². The first-order chi connectivity index (χ1) is 19.0. The van der Waals surface area contributed by atoms with Crippen molar-refractivity contribution in [1.82, 2.24) is 25.1 Å². The van der Waals surface area contributed by atoms with E-state index in [9.17, 15) is 14.4 Å². The lowest BCUT2D eigenvalue weighted by molar-refractivity contribution is -0.188. The van der Waals surface area contributed by atoms with Crippen molar-refractivity contribution in [2.75, 3.05) is 26.2 Å². The Morgan fingerprint density at radius 1 is 0.974 bits per heavy atom. The summed E-state index contributed by atoms with van der Waals surface area (Å²) in [6, 6.07) is 18.4. The zero-order chi connectivity index (χ0) is 27.6. The Kier molecular flexibility index (Phi) is 9.98. The molecule has 2 aliphatic heterocycles. The van der Waals surface area contributed by atoms with Crippen LogP contribution in [0.2, 0.25) is 0 Å². The summed E-state index contributed by atoms with van der Waals surface area (Å²) in [5.41, 5.74) is 1.94. The molecule has 2 heterocycles. The van der Waals surface area contributed by atoms with Gasteiger partial charge in [-0.05, 0) is 17.5 Å². The van der Waals surface area contributed by atoms with Crippen LogP contribution in [0, 0.1) is 12.3 Å². The number of hydrazine groups is 1. The summed E-state index contributed by atoms with van der Waals surface area (Å²) in [5.74, 6) is 2.33. The molecule has 0 unspecified atom stereocenters. The van der Waals surface area contributed by atoms with Crippen LogP contribution in [0.3, 0.4) is 0 Å². The van der Waals surface area contributed by atoms with Gasteiger partial charge >= 0.3 is 6.03 Å². The number of urea groups is 1. The van der Waals surface area contributed by atoms with E-state index in [0.717, 1.165) is 36.8 Å². The van der Waals surface area contributed by atoms with Crippen molar-refractivity contribution in [2.24, 2.45) is 0 Å². The fourth-order valence-corrected chi connectivity index (χ4v) is 5.44. The van der Waals surface area contributed by atoms with Gasteiger partial charge in [-0.2, -0.15) is 5.01 Å². The van der Waals surface area contributed by atoms with Crippen LogP contribution in [-0.2, 0) is 22.6 Å². The number of nitrogens with one attached hydrogen (secondary N) is 1. The highest BCUT2D eigenvalue weighted by Crippen LogP contribution is 2.28. The van der Waals surface area contributed by atoms with Gasteiger partial charge in [-0.3, -0.25) is 9.59 Å². The van der Waals surface area contributed by atoms with Gasteiger partial charge in [-0.1, -0.05) is 99.2 Å². The molecule has 2 aliphatic rings. The Morgan fingerprint density at radius 2 is 1.64 bits per heavy atom. The van der Waals surface area contributed by atoms with Crippen molar-refractivity contribution < 1.29 is 14.4 Å². The van der Waals surface area contributed by atoms with E-state index < -0.39 is 12.2 Å². The lowest BCUT2D eigenvalue weighted by atomic mass is 9.98. The van der Waals surface area contributed by atoms with Crippen LogP contribution < -0.4 is 5.32 Å². The standard InChI is InChI=1S/C31H39N5O3/c1-3-5-6-7-14-20-33-23-28-35(27(30(33)38)21-25-15-10-8-11-16-25)29(37)24-34(19-4-2)36(28)31(39)32-22-26-17-12-9-13-18-26/h2,8-13,15-18,27-28H,3,5-7,14,19-24H2,1H3,(H,32,39)/t27-,28-/m0/s1. The molecule has 0 saturated carbocycles. The number of unbranched alkanes of at least 4 members (excludes halogenated alkanes) is 4. The third-order valence-corrected chi connectivity index (χ3v) is 7.40. The molecule has 8 heteroatoms. The monoisotopic (exact) mass is 529 g/mol. The van der Waals surface area contributed by atoms with Gasteiger partial charge in [-0.25, -0.2) is 9.80 Å². The van der Waals surface area contributed by atoms with Crippen LogP contribution in [0.15, 0.2) is 60.7 Å². The van der Waals surface area contributed by atoms with Crippen molar-refractivity contribution in [2.45, 2.75) is 64.2 Å². The molecule has 0 spiro atoms. The molecular weight excluding hydrogens is 490 g/mol. The van der Waals surface area contributed by atoms with Gasteiger partial charge in [0, 0.05) is 19.5 Å². The fourth-order valence-electron chi connectivity index (χ4n) is 5.44. The van der Waals surface area contributed by atoms with E-state index in [1.807, 2.05) is 65.6 Å². The number of amides is 4. The molecule has 1 N–H and O–H groups in total. The second-order valence-electron chi connectivity index (χ2n) is 10.2. The zero-order valence-corrected chi connectivity index (χ0v) is 22.8. The Labute approximate surface area is 231 Å². The second kappa shape index (κ2) is 13.8. The van der Waals surface area contributed by atoms with E-state index >= 15 is 0 Å². The largest absolute Gasteiger partial charge is 0.337 e. The lowest BCUT2D eigenvalue weighted by Crippen LogP contribution is -2.76. The smallest absolute Gasteiger partial charge is 0.334 e. The number of hydrogen-bond donors (Lipinski definition) is 1. The number of carbonyl (C=O) groups excluding carboxylic acids is 3. The Bertz CT molecular complexity index is 1150. The molecule has 2 fully saturated rings. The molecule has 8 nitrogen and oxygen atoms in total. The van der Waals surface area contributed by atoms with Crippen LogP contribution in [0.4, 0.5) is 4.79 Å². The molecule has 0 radical (unpaired) electrons. The highest BCUT2D eigenvalue weighted by molar-refractivity contribution is 5.91. The summed E-state index contributed by atoms with van der Waals surface area (Å²) in [7, 11) is 0. The predicted octanol–water partition coefficient (Wildman–Crippen LogP) is 3.64. The molecule has 206 valence electrons. The number of hydrogen-bond acceptors (Lipinski definition) is 4. The molecule has 2 atom stereocenters. The first kappa shape index (κ1) is 28.2. The number of fused-ring (bicyclic) bond motifs is 1. The highest BCUT2D eigenvalue weighted by atomic mass is 16.2. The van der Waals surface area contributed by atoms with Gasteiger partial charge < -0.3 is 15.1 Å². The SMILES string of the molecule is C#CCN1CC(=O)N2[C@@H](Cc3ccccc3)C(=O)N(CCCCCCC)C[C@@H]2N1C(=O)NCc1ccccc1. The van der Waals surface area contributed by atoms with E-state index in [2.05, 4.69) is 18.2 Å².